The summed E-state index contributed by atoms with van der Waals surface area (Å²) >= 11 is 0. The van der Waals surface area contributed by atoms with Crippen LogP contribution in [0.25, 0.3) is 0 Å². The standard InChI is InChI=1S/C13H13NO4/c1-7-4-8(2)11-9(5-7)14(6-10(15)18-3)13(17)12(11)16/h4-5H,6H2,1-3H3. The number of fused-ring (bicyclic) bond motifs is 1. The van der Waals surface area contributed by atoms with E-state index < -0.39 is 17.7 Å². The van der Waals surface area contributed by atoms with E-state index in [1.54, 1.807) is 13.0 Å². The molecule has 18 heavy (non-hydrogen) atoms. The summed E-state index contributed by atoms with van der Waals surface area (Å²) in [6.45, 7) is 3.41. The van der Waals surface area contributed by atoms with E-state index in [1.165, 1.54) is 12.0 Å². The Hall–Kier alpha value is -2.17. The predicted octanol–water partition coefficient (Wildman–Crippen LogP) is 1.01. The zero-order valence-electron chi connectivity index (χ0n) is 10.4. The molecule has 1 aliphatic rings. The summed E-state index contributed by atoms with van der Waals surface area (Å²) in [5.41, 5.74) is 2.56. The Kier molecular flexibility index (Phi) is 2.90. The first-order valence-electron chi connectivity index (χ1n) is 5.50. The van der Waals surface area contributed by atoms with Crippen molar-refractivity contribution in [1.29, 1.82) is 0 Å². The maximum atomic E-state index is 11.9. The number of ketones is 1. The molecule has 0 radical (unpaired) electrons. The highest BCUT2D eigenvalue weighted by Crippen LogP contribution is 2.32. The van der Waals surface area contributed by atoms with Crippen molar-refractivity contribution in [1.82, 2.24) is 0 Å². The zero-order chi connectivity index (χ0) is 13.4. The summed E-state index contributed by atoms with van der Waals surface area (Å²) in [4.78, 5) is 36.2. The minimum absolute atomic E-state index is 0.239. The molecule has 1 amide bonds. The lowest BCUT2D eigenvalue weighted by Crippen LogP contribution is -2.35. The van der Waals surface area contributed by atoms with Gasteiger partial charge in [0.2, 0.25) is 0 Å². The molecule has 0 N–H and O–H groups in total. The van der Waals surface area contributed by atoms with Crippen molar-refractivity contribution in [2.24, 2.45) is 0 Å². The minimum Gasteiger partial charge on any atom is -0.468 e. The summed E-state index contributed by atoms with van der Waals surface area (Å²) in [5, 5.41) is 0. The van der Waals surface area contributed by atoms with Gasteiger partial charge in [0.15, 0.2) is 0 Å². The van der Waals surface area contributed by atoms with E-state index in [4.69, 9.17) is 0 Å². The molecular formula is C13H13NO4. The van der Waals surface area contributed by atoms with Gasteiger partial charge in [-0.05, 0) is 31.0 Å². The van der Waals surface area contributed by atoms with E-state index in [0.717, 1.165) is 11.1 Å². The summed E-state index contributed by atoms with van der Waals surface area (Å²) in [5.74, 6) is -1.79. The second-order valence-electron chi connectivity index (χ2n) is 4.27. The van der Waals surface area contributed by atoms with Crippen LogP contribution in [0.5, 0.6) is 0 Å². The smallest absolute Gasteiger partial charge is 0.325 e. The van der Waals surface area contributed by atoms with Gasteiger partial charge in [0.1, 0.15) is 6.54 Å². The number of Topliss-reactive ketones (excluding diaryl/α,β-unsaturated/α-hetero) is 1. The highest BCUT2D eigenvalue weighted by molar-refractivity contribution is 6.53. The number of anilines is 1. The molecule has 0 bridgehead atoms. The van der Waals surface area contributed by atoms with Crippen LogP contribution in [0.4, 0.5) is 5.69 Å². The lowest BCUT2D eigenvalue weighted by atomic mass is 10.0. The molecule has 1 aromatic carbocycles. The zero-order valence-corrected chi connectivity index (χ0v) is 10.4. The van der Waals surface area contributed by atoms with Crippen LogP contribution in [0.2, 0.25) is 0 Å². The normalized spacial score (nSPS) is 13.8. The predicted molar refractivity (Wildman–Crippen MR) is 64.6 cm³/mol. The van der Waals surface area contributed by atoms with Crippen LogP contribution in [0.15, 0.2) is 12.1 Å². The Balaban J connectivity index is 2.51. The molecule has 2 rings (SSSR count). The van der Waals surface area contributed by atoms with E-state index in [1.807, 2.05) is 13.0 Å². The molecule has 5 nitrogen and oxygen atoms in total. The molecule has 0 aromatic heterocycles. The first-order valence-corrected chi connectivity index (χ1v) is 5.50. The number of hydrogen-bond acceptors (Lipinski definition) is 4. The average molecular weight is 247 g/mol. The van der Waals surface area contributed by atoms with Gasteiger partial charge in [-0.3, -0.25) is 19.3 Å². The van der Waals surface area contributed by atoms with E-state index in [9.17, 15) is 14.4 Å². The number of rotatable bonds is 2. The molecule has 1 heterocycles. The maximum Gasteiger partial charge on any atom is 0.325 e. The molecule has 1 aromatic rings. The summed E-state index contributed by atoms with van der Waals surface area (Å²) < 4.78 is 4.53. The van der Waals surface area contributed by atoms with Crippen molar-refractivity contribution in [2.75, 3.05) is 18.6 Å². The number of hydrogen-bond donors (Lipinski definition) is 0. The lowest BCUT2D eigenvalue weighted by molar-refractivity contribution is -0.139. The van der Waals surface area contributed by atoms with Gasteiger partial charge in [-0.25, -0.2) is 0 Å². The summed E-state index contributed by atoms with van der Waals surface area (Å²) in [6, 6.07) is 3.57. The van der Waals surface area contributed by atoms with Gasteiger partial charge in [0, 0.05) is 0 Å². The van der Waals surface area contributed by atoms with Crippen molar-refractivity contribution in [3.05, 3.63) is 28.8 Å². The topological polar surface area (TPSA) is 63.7 Å². The van der Waals surface area contributed by atoms with Crippen molar-refractivity contribution < 1.29 is 19.1 Å². The summed E-state index contributed by atoms with van der Waals surface area (Å²) in [7, 11) is 1.24. The van der Waals surface area contributed by atoms with Crippen LogP contribution >= 0.6 is 0 Å². The van der Waals surface area contributed by atoms with Crippen molar-refractivity contribution in [2.45, 2.75) is 13.8 Å². The van der Waals surface area contributed by atoms with Crippen LogP contribution in [-0.4, -0.2) is 31.3 Å². The Morgan fingerprint density at radius 3 is 2.56 bits per heavy atom. The molecule has 1 aliphatic heterocycles. The van der Waals surface area contributed by atoms with Gasteiger partial charge >= 0.3 is 5.97 Å². The fourth-order valence-electron chi connectivity index (χ4n) is 2.14. The number of carbonyl (C=O) groups is 3. The van der Waals surface area contributed by atoms with Crippen molar-refractivity contribution >= 4 is 23.3 Å². The summed E-state index contributed by atoms with van der Waals surface area (Å²) in [6.07, 6.45) is 0. The molecule has 0 atom stereocenters. The van der Waals surface area contributed by atoms with E-state index >= 15 is 0 Å². The Bertz CT molecular complexity index is 562. The number of esters is 1. The average Bonchev–Trinajstić information content (AvgIpc) is 2.54. The molecule has 0 saturated heterocycles. The van der Waals surface area contributed by atoms with Crippen LogP contribution in [0.1, 0.15) is 21.5 Å². The van der Waals surface area contributed by atoms with Gasteiger partial charge in [0.25, 0.3) is 11.7 Å². The van der Waals surface area contributed by atoms with Gasteiger partial charge in [-0.1, -0.05) is 6.07 Å². The van der Waals surface area contributed by atoms with Crippen molar-refractivity contribution in [3.63, 3.8) is 0 Å². The molecule has 0 fully saturated rings. The van der Waals surface area contributed by atoms with E-state index in [0.29, 0.717) is 11.3 Å². The Morgan fingerprint density at radius 1 is 1.28 bits per heavy atom. The molecule has 0 saturated carbocycles. The third-order valence-electron chi connectivity index (χ3n) is 2.93. The number of aryl methyl sites for hydroxylation is 2. The number of benzene rings is 1. The molecular weight excluding hydrogens is 234 g/mol. The number of amides is 1. The van der Waals surface area contributed by atoms with E-state index in [2.05, 4.69) is 4.74 Å². The number of carbonyl (C=O) groups excluding carboxylic acids is 3. The van der Waals surface area contributed by atoms with Gasteiger partial charge in [0.05, 0.1) is 18.4 Å². The third kappa shape index (κ3) is 1.77. The molecule has 94 valence electrons. The first kappa shape index (κ1) is 12.3. The number of nitrogens with zero attached hydrogens (tertiary/aromatic N) is 1. The SMILES string of the molecule is COC(=O)CN1C(=O)C(=O)c2c(C)cc(C)cc21. The Labute approximate surface area is 104 Å². The Morgan fingerprint density at radius 2 is 1.94 bits per heavy atom. The monoisotopic (exact) mass is 247 g/mol. The van der Waals surface area contributed by atoms with Crippen LogP contribution in [-0.2, 0) is 14.3 Å². The van der Waals surface area contributed by atoms with Crippen LogP contribution in [0.3, 0.4) is 0 Å². The maximum absolute atomic E-state index is 11.9. The minimum atomic E-state index is -0.677. The molecule has 5 heteroatoms. The third-order valence-corrected chi connectivity index (χ3v) is 2.93. The van der Waals surface area contributed by atoms with Gasteiger partial charge in [-0.15, -0.1) is 0 Å². The molecule has 0 spiro atoms. The highest BCUT2D eigenvalue weighted by Gasteiger charge is 2.38. The quantitative estimate of drug-likeness (QED) is 0.578. The van der Waals surface area contributed by atoms with Gasteiger partial charge in [-0.2, -0.15) is 0 Å². The fourth-order valence-corrected chi connectivity index (χ4v) is 2.14. The van der Waals surface area contributed by atoms with Crippen LogP contribution in [0, 0.1) is 13.8 Å². The first-order chi connectivity index (χ1) is 8.45. The highest BCUT2D eigenvalue weighted by atomic mass is 16.5. The number of methoxy groups -OCH3 is 1. The lowest BCUT2D eigenvalue weighted by Gasteiger charge is -2.15. The number of ether oxygens (including phenoxy) is 1. The van der Waals surface area contributed by atoms with Crippen LogP contribution < -0.4 is 4.90 Å². The largest absolute Gasteiger partial charge is 0.468 e. The second-order valence-corrected chi connectivity index (χ2v) is 4.27. The second kappa shape index (κ2) is 4.25. The van der Waals surface area contributed by atoms with Gasteiger partial charge < -0.3 is 4.74 Å². The molecule has 0 unspecified atom stereocenters. The molecule has 0 aliphatic carbocycles. The van der Waals surface area contributed by atoms with Crippen molar-refractivity contribution in [3.8, 4) is 0 Å². The van der Waals surface area contributed by atoms with E-state index in [-0.39, 0.29) is 6.54 Å². The fraction of sp³-hybridized carbons (Fsp3) is 0.308.